The third-order valence-electron chi connectivity index (χ3n) is 3.28. The molecule has 2 aromatic rings. The quantitative estimate of drug-likeness (QED) is 0.868. The van der Waals surface area contributed by atoms with Gasteiger partial charge >= 0.3 is 0 Å². The van der Waals surface area contributed by atoms with Crippen LogP contribution in [0.2, 0.25) is 0 Å². The van der Waals surface area contributed by atoms with Crippen molar-refractivity contribution in [1.82, 2.24) is 4.31 Å². The SMILES string of the molecule is O=S(Nc1ccc(F)c(F)c1F)N1Cc2ccccc2C1. The molecule has 21 heavy (non-hydrogen) atoms. The summed E-state index contributed by atoms with van der Waals surface area (Å²) in [6, 6.07) is 9.42. The number of hydrogen-bond donors (Lipinski definition) is 1. The molecule has 3 rings (SSSR count). The van der Waals surface area contributed by atoms with Crippen LogP contribution in [0.5, 0.6) is 0 Å². The van der Waals surface area contributed by atoms with Gasteiger partial charge < -0.3 is 0 Å². The van der Waals surface area contributed by atoms with Gasteiger partial charge in [0.25, 0.3) is 0 Å². The van der Waals surface area contributed by atoms with Crippen molar-refractivity contribution in [3.05, 3.63) is 65.0 Å². The standard InChI is InChI=1S/C14H11F3N2OS/c15-11-5-6-12(14(17)13(11)16)18-21(20)19-7-9-3-1-2-4-10(9)8-19/h1-6,18H,7-8H2. The Balaban J connectivity index is 1.76. The Morgan fingerprint density at radius 2 is 1.57 bits per heavy atom. The number of hydrogen-bond acceptors (Lipinski definition) is 1. The van der Waals surface area contributed by atoms with Gasteiger partial charge in [-0.1, -0.05) is 24.3 Å². The summed E-state index contributed by atoms with van der Waals surface area (Å²) in [6.07, 6.45) is 0. The van der Waals surface area contributed by atoms with E-state index >= 15 is 0 Å². The minimum atomic E-state index is -1.74. The largest absolute Gasteiger partial charge is 0.289 e. The highest BCUT2D eigenvalue weighted by Crippen LogP contribution is 2.25. The van der Waals surface area contributed by atoms with Crippen molar-refractivity contribution < 1.29 is 17.4 Å². The maximum absolute atomic E-state index is 13.5. The van der Waals surface area contributed by atoms with Gasteiger partial charge in [0.1, 0.15) is 0 Å². The fourth-order valence-electron chi connectivity index (χ4n) is 2.18. The second-order valence-corrected chi connectivity index (χ2v) is 5.86. The van der Waals surface area contributed by atoms with Gasteiger partial charge in [-0.05, 0) is 23.3 Å². The van der Waals surface area contributed by atoms with Crippen molar-refractivity contribution >= 4 is 16.9 Å². The maximum Gasteiger partial charge on any atom is 0.197 e. The molecule has 1 unspecified atom stereocenters. The monoisotopic (exact) mass is 312 g/mol. The van der Waals surface area contributed by atoms with Crippen LogP contribution >= 0.6 is 0 Å². The third kappa shape index (κ3) is 2.66. The number of anilines is 1. The Morgan fingerprint density at radius 1 is 0.952 bits per heavy atom. The second-order valence-electron chi connectivity index (χ2n) is 4.64. The summed E-state index contributed by atoms with van der Waals surface area (Å²) in [5.41, 5.74) is 1.75. The molecule has 0 saturated heterocycles. The molecular formula is C14H11F3N2OS. The smallest absolute Gasteiger partial charge is 0.197 e. The minimum absolute atomic E-state index is 0.330. The molecule has 110 valence electrons. The molecule has 0 amide bonds. The van der Waals surface area contributed by atoms with Crippen LogP contribution in [-0.4, -0.2) is 8.51 Å². The van der Waals surface area contributed by atoms with Crippen molar-refractivity contribution in [3.8, 4) is 0 Å². The van der Waals surface area contributed by atoms with Gasteiger partial charge in [0, 0.05) is 13.1 Å². The van der Waals surface area contributed by atoms with Crippen LogP contribution in [0.4, 0.5) is 18.9 Å². The van der Waals surface area contributed by atoms with E-state index in [2.05, 4.69) is 4.72 Å². The second kappa shape index (κ2) is 5.50. The predicted molar refractivity (Wildman–Crippen MR) is 73.8 cm³/mol. The zero-order valence-corrected chi connectivity index (χ0v) is 11.6. The van der Waals surface area contributed by atoms with E-state index in [0.29, 0.717) is 13.1 Å². The normalized spacial score (nSPS) is 15.8. The van der Waals surface area contributed by atoms with Gasteiger partial charge in [-0.2, -0.15) is 4.31 Å². The highest BCUT2D eigenvalue weighted by molar-refractivity contribution is 7.84. The first-order chi connectivity index (χ1) is 10.1. The van der Waals surface area contributed by atoms with Gasteiger partial charge in [-0.15, -0.1) is 0 Å². The zero-order valence-electron chi connectivity index (χ0n) is 10.8. The molecule has 0 radical (unpaired) electrons. The average molecular weight is 312 g/mol. The lowest BCUT2D eigenvalue weighted by atomic mass is 10.1. The van der Waals surface area contributed by atoms with E-state index in [1.165, 1.54) is 0 Å². The summed E-state index contributed by atoms with van der Waals surface area (Å²) >= 11 is -1.74. The molecule has 2 aromatic carbocycles. The van der Waals surface area contributed by atoms with Crippen LogP contribution in [0.3, 0.4) is 0 Å². The molecule has 0 aromatic heterocycles. The van der Waals surface area contributed by atoms with Crippen molar-refractivity contribution in [2.24, 2.45) is 0 Å². The van der Waals surface area contributed by atoms with E-state index in [9.17, 15) is 17.4 Å². The number of fused-ring (bicyclic) bond motifs is 1. The Labute approximate surface area is 122 Å². The van der Waals surface area contributed by atoms with Gasteiger partial charge in [0.15, 0.2) is 28.6 Å². The fraction of sp³-hybridized carbons (Fsp3) is 0.143. The Bertz CT molecular complexity index is 698. The molecule has 1 atom stereocenters. The first kappa shape index (κ1) is 14.1. The van der Waals surface area contributed by atoms with Gasteiger partial charge in [-0.3, -0.25) is 4.72 Å². The number of nitrogens with zero attached hydrogens (tertiary/aromatic N) is 1. The van der Waals surface area contributed by atoms with Crippen molar-refractivity contribution in [2.75, 3.05) is 4.72 Å². The molecule has 1 aliphatic heterocycles. The molecule has 0 fully saturated rings. The molecule has 0 saturated carbocycles. The van der Waals surface area contributed by atoms with Crippen molar-refractivity contribution in [2.45, 2.75) is 13.1 Å². The number of benzene rings is 2. The van der Waals surface area contributed by atoms with Crippen molar-refractivity contribution in [3.63, 3.8) is 0 Å². The Kier molecular flexibility index (Phi) is 3.69. The highest BCUT2D eigenvalue weighted by atomic mass is 32.2. The van der Waals surface area contributed by atoms with E-state index < -0.39 is 28.6 Å². The first-order valence-corrected chi connectivity index (χ1v) is 7.30. The minimum Gasteiger partial charge on any atom is -0.289 e. The first-order valence-electron chi connectivity index (χ1n) is 6.20. The van der Waals surface area contributed by atoms with Crippen LogP contribution in [0, 0.1) is 17.5 Å². The van der Waals surface area contributed by atoms with Crippen LogP contribution in [0.1, 0.15) is 11.1 Å². The summed E-state index contributed by atoms with van der Waals surface area (Å²) < 4.78 is 55.6. The van der Waals surface area contributed by atoms with Gasteiger partial charge in [-0.25, -0.2) is 17.4 Å². The number of halogens is 3. The summed E-state index contributed by atoms with van der Waals surface area (Å²) in [5, 5.41) is 0. The number of nitrogens with one attached hydrogen (secondary N) is 1. The summed E-state index contributed by atoms with van der Waals surface area (Å²) in [6.45, 7) is 0.891. The van der Waals surface area contributed by atoms with Crippen LogP contribution in [0.15, 0.2) is 36.4 Å². The molecule has 1 heterocycles. The lowest BCUT2D eigenvalue weighted by molar-refractivity contribution is 0.449. The molecule has 1 aliphatic rings. The molecule has 0 spiro atoms. The average Bonchev–Trinajstić information content (AvgIpc) is 2.92. The van der Waals surface area contributed by atoms with Crippen LogP contribution in [0.25, 0.3) is 0 Å². The van der Waals surface area contributed by atoms with Gasteiger partial charge in [0.05, 0.1) is 5.69 Å². The molecule has 0 aliphatic carbocycles. The predicted octanol–water partition coefficient (Wildman–Crippen LogP) is 3.11. The molecule has 1 N–H and O–H groups in total. The highest BCUT2D eigenvalue weighted by Gasteiger charge is 2.24. The third-order valence-corrected chi connectivity index (χ3v) is 4.40. The van der Waals surface area contributed by atoms with Crippen LogP contribution < -0.4 is 4.72 Å². The van der Waals surface area contributed by atoms with E-state index in [-0.39, 0.29) is 5.69 Å². The van der Waals surface area contributed by atoms with E-state index in [4.69, 9.17) is 0 Å². The van der Waals surface area contributed by atoms with Gasteiger partial charge in [0.2, 0.25) is 0 Å². The van der Waals surface area contributed by atoms with E-state index in [1.807, 2.05) is 24.3 Å². The van der Waals surface area contributed by atoms with Crippen LogP contribution in [-0.2, 0) is 24.3 Å². The molecule has 0 bridgehead atoms. The number of rotatable bonds is 3. The Hall–Kier alpha value is -1.86. The molecular weight excluding hydrogens is 301 g/mol. The Morgan fingerprint density at radius 3 is 2.19 bits per heavy atom. The summed E-state index contributed by atoms with van der Waals surface area (Å²) in [4.78, 5) is 0. The lowest BCUT2D eigenvalue weighted by Gasteiger charge is -2.15. The van der Waals surface area contributed by atoms with Crippen molar-refractivity contribution in [1.29, 1.82) is 0 Å². The topological polar surface area (TPSA) is 32.3 Å². The zero-order chi connectivity index (χ0) is 15.0. The summed E-state index contributed by atoms with van der Waals surface area (Å²) in [7, 11) is 0. The molecule has 3 nitrogen and oxygen atoms in total. The molecule has 7 heteroatoms. The fourth-order valence-corrected chi connectivity index (χ4v) is 3.17. The lowest BCUT2D eigenvalue weighted by Crippen LogP contribution is -2.25. The van der Waals surface area contributed by atoms with E-state index in [0.717, 1.165) is 23.3 Å². The maximum atomic E-state index is 13.5. The summed E-state index contributed by atoms with van der Waals surface area (Å²) in [5.74, 6) is -4.24. The van der Waals surface area contributed by atoms with E-state index in [1.54, 1.807) is 4.31 Å².